The van der Waals surface area contributed by atoms with E-state index >= 15 is 0 Å². The molecule has 1 aromatic carbocycles. The number of benzene rings is 1. The maximum Gasteiger partial charge on any atom is 0.435 e. The molecule has 2 amide bonds. The molecular weight excluding hydrogens is 567 g/mol. The molecule has 0 saturated carbocycles. The molecule has 5 heterocycles. The number of aryl methyl sites for hydroxylation is 2. The predicted molar refractivity (Wildman–Crippen MR) is 150 cm³/mol. The summed E-state index contributed by atoms with van der Waals surface area (Å²) in [6, 6.07) is 4.85. The largest absolute Gasteiger partial charge is 0.435 e. The van der Waals surface area contributed by atoms with E-state index in [1.165, 1.54) is 36.2 Å². The van der Waals surface area contributed by atoms with Gasteiger partial charge >= 0.3 is 6.18 Å². The number of anilines is 2. The van der Waals surface area contributed by atoms with Crippen molar-refractivity contribution in [3.05, 3.63) is 59.8 Å². The Balaban J connectivity index is 1.16. The lowest BCUT2D eigenvalue weighted by atomic mass is 10.1. The summed E-state index contributed by atoms with van der Waals surface area (Å²) in [5.41, 5.74) is 1.31. The van der Waals surface area contributed by atoms with Gasteiger partial charge in [0, 0.05) is 69.6 Å². The van der Waals surface area contributed by atoms with Gasteiger partial charge in [-0.3, -0.25) is 18.7 Å². The van der Waals surface area contributed by atoms with Crippen molar-refractivity contribution in [2.45, 2.75) is 31.7 Å². The standard InChI is InChI=1S/C28H30F3N9O3/c1-16-11-17(3-4-19(16)26(42)38-7-9-39(10-8-38)27(43)21-12-18(41)13-33-21)35-24-25-34-14-22(40(25)6-5-32-24)20-15-37(2)36-23(20)28(29,30)31/h3-6,11,14-15,18,21,33,41H,7-10,12-13H2,1-2H3,(H,32,35)/t18-,21+/m1/s1. The van der Waals surface area contributed by atoms with Crippen LogP contribution in [0.2, 0.25) is 0 Å². The van der Waals surface area contributed by atoms with E-state index in [1.54, 1.807) is 28.0 Å². The zero-order chi connectivity index (χ0) is 30.5. The number of carbonyl (C=O) groups is 2. The molecule has 12 nitrogen and oxygen atoms in total. The number of fused-ring (bicyclic) bond motifs is 1. The Morgan fingerprint density at radius 1 is 1.12 bits per heavy atom. The number of hydrogen-bond acceptors (Lipinski definition) is 8. The molecule has 0 bridgehead atoms. The number of amides is 2. The number of hydrogen-bond donors (Lipinski definition) is 3. The Bertz CT molecular complexity index is 1690. The van der Waals surface area contributed by atoms with Crippen molar-refractivity contribution in [1.82, 2.24) is 39.3 Å². The van der Waals surface area contributed by atoms with E-state index < -0.39 is 18.0 Å². The molecule has 226 valence electrons. The fourth-order valence-corrected chi connectivity index (χ4v) is 5.64. The second-order valence-electron chi connectivity index (χ2n) is 10.8. The summed E-state index contributed by atoms with van der Waals surface area (Å²) >= 11 is 0. The lowest BCUT2D eigenvalue weighted by molar-refractivity contribution is -0.141. The number of β-amino-alcohol motifs (C(OH)–C–C–N with tert-alkyl or cyclic N) is 1. The molecule has 2 aliphatic heterocycles. The molecule has 2 atom stereocenters. The summed E-state index contributed by atoms with van der Waals surface area (Å²) in [6.45, 7) is 3.87. The van der Waals surface area contributed by atoms with Crippen LogP contribution in [-0.2, 0) is 18.0 Å². The fraction of sp³-hybridized carbons (Fsp3) is 0.393. The zero-order valence-electron chi connectivity index (χ0n) is 23.5. The van der Waals surface area contributed by atoms with Crippen molar-refractivity contribution in [1.29, 1.82) is 0 Å². The van der Waals surface area contributed by atoms with Crippen LogP contribution in [-0.4, -0.2) is 95.7 Å². The molecule has 2 fully saturated rings. The number of carbonyl (C=O) groups excluding carboxylic acids is 2. The molecule has 2 aliphatic rings. The van der Waals surface area contributed by atoms with Gasteiger partial charge in [0.25, 0.3) is 5.91 Å². The number of aromatic nitrogens is 5. The van der Waals surface area contributed by atoms with E-state index in [4.69, 9.17) is 0 Å². The SMILES string of the molecule is Cc1cc(Nc2nccn3c(-c4cn(C)nc4C(F)(F)F)cnc23)ccc1C(=O)N1CCN(C(=O)[C@@H]2C[C@@H](O)CN2)CC1. The van der Waals surface area contributed by atoms with Crippen LogP contribution in [0.3, 0.4) is 0 Å². The quantitative estimate of drug-likeness (QED) is 0.319. The lowest BCUT2D eigenvalue weighted by Crippen LogP contribution is -2.54. The molecular formula is C28H30F3N9O3. The number of nitrogens with one attached hydrogen (secondary N) is 2. The molecule has 2 saturated heterocycles. The number of aliphatic hydroxyl groups excluding tert-OH is 1. The van der Waals surface area contributed by atoms with Gasteiger partial charge in [-0.25, -0.2) is 9.97 Å². The summed E-state index contributed by atoms with van der Waals surface area (Å²) in [5.74, 6) is 0.139. The monoisotopic (exact) mass is 597 g/mol. The van der Waals surface area contributed by atoms with Crippen LogP contribution in [0.5, 0.6) is 0 Å². The van der Waals surface area contributed by atoms with E-state index in [1.807, 2.05) is 6.92 Å². The first-order chi connectivity index (χ1) is 20.5. The van der Waals surface area contributed by atoms with Crippen LogP contribution in [0.25, 0.3) is 16.9 Å². The van der Waals surface area contributed by atoms with E-state index in [0.29, 0.717) is 61.9 Å². The zero-order valence-corrected chi connectivity index (χ0v) is 23.5. The molecule has 3 aromatic heterocycles. The van der Waals surface area contributed by atoms with Crippen LogP contribution in [0.4, 0.5) is 24.7 Å². The average molecular weight is 598 g/mol. The van der Waals surface area contributed by atoms with Crippen molar-refractivity contribution in [3.8, 4) is 11.3 Å². The third kappa shape index (κ3) is 5.52. The summed E-state index contributed by atoms with van der Waals surface area (Å²) in [5, 5.41) is 19.5. The van der Waals surface area contributed by atoms with E-state index in [-0.39, 0.29) is 29.1 Å². The number of halogens is 3. The minimum Gasteiger partial charge on any atom is -0.392 e. The first-order valence-electron chi connectivity index (χ1n) is 13.8. The van der Waals surface area contributed by atoms with Gasteiger partial charge in [0.15, 0.2) is 17.2 Å². The van der Waals surface area contributed by atoms with E-state index in [2.05, 4.69) is 25.7 Å². The van der Waals surface area contributed by atoms with Crippen molar-refractivity contribution in [3.63, 3.8) is 0 Å². The smallest absolute Gasteiger partial charge is 0.392 e. The molecule has 43 heavy (non-hydrogen) atoms. The Kier molecular flexibility index (Phi) is 7.30. The molecule has 0 radical (unpaired) electrons. The highest BCUT2D eigenvalue weighted by Crippen LogP contribution is 2.36. The van der Waals surface area contributed by atoms with Gasteiger partial charge in [0.2, 0.25) is 5.91 Å². The Hall–Kier alpha value is -4.50. The van der Waals surface area contributed by atoms with Crippen LogP contribution in [0.15, 0.2) is 43.0 Å². The maximum atomic E-state index is 13.6. The van der Waals surface area contributed by atoms with Crippen molar-refractivity contribution >= 4 is 29.0 Å². The fourth-order valence-electron chi connectivity index (χ4n) is 5.64. The number of alkyl halides is 3. The first-order valence-corrected chi connectivity index (χ1v) is 13.8. The molecule has 0 aliphatic carbocycles. The topological polar surface area (TPSA) is 133 Å². The van der Waals surface area contributed by atoms with E-state index in [9.17, 15) is 27.9 Å². The number of rotatable bonds is 5. The first kappa shape index (κ1) is 28.6. The minimum atomic E-state index is -4.63. The normalized spacial score (nSPS) is 19.3. The van der Waals surface area contributed by atoms with Gasteiger partial charge in [-0.05, 0) is 37.1 Å². The van der Waals surface area contributed by atoms with E-state index in [0.717, 1.165) is 10.2 Å². The number of imidazole rings is 1. The predicted octanol–water partition coefficient (Wildman–Crippen LogP) is 2.21. The van der Waals surface area contributed by atoms with Gasteiger partial charge in [-0.15, -0.1) is 0 Å². The van der Waals surface area contributed by atoms with Crippen LogP contribution < -0.4 is 10.6 Å². The van der Waals surface area contributed by atoms with Gasteiger partial charge < -0.3 is 25.5 Å². The average Bonchev–Trinajstić information content (AvgIpc) is 3.71. The van der Waals surface area contributed by atoms with Crippen molar-refractivity contribution < 1.29 is 27.9 Å². The number of aliphatic hydroxyl groups is 1. The van der Waals surface area contributed by atoms with Gasteiger partial charge in [-0.2, -0.15) is 18.3 Å². The number of nitrogens with zero attached hydrogens (tertiary/aromatic N) is 7. The van der Waals surface area contributed by atoms with Crippen molar-refractivity contribution in [2.24, 2.45) is 7.05 Å². The summed E-state index contributed by atoms with van der Waals surface area (Å²) < 4.78 is 43.4. The highest BCUT2D eigenvalue weighted by atomic mass is 19.4. The Morgan fingerprint density at radius 3 is 2.53 bits per heavy atom. The minimum absolute atomic E-state index is 0.0512. The van der Waals surface area contributed by atoms with Crippen LogP contribution >= 0.6 is 0 Å². The lowest BCUT2D eigenvalue weighted by Gasteiger charge is -2.36. The van der Waals surface area contributed by atoms with Gasteiger partial charge in [0.05, 0.1) is 29.6 Å². The third-order valence-corrected chi connectivity index (χ3v) is 7.81. The molecule has 0 spiro atoms. The maximum absolute atomic E-state index is 13.6. The van der Waals surface area contributed by atoms with Crippen LogP contribution in [0, 0.1) is 6.92 Å². The second kappa shape index (κ2) is 11.0. The Labute approximate surface area is 244 Å². The highest BCUT2D eigenvalue weighted by Gasteiger charge is 2.38. The van der Waals surface area contributed by atoms with Gasteiger partial charge in [0.1, 0.15) is 0 Å². The molecule has 15 heteroatoms. The summed E-state index contributed by atoms with van der Waals surface area (Å²) in [7, 11) is 1.43. The second-order valence-corrected chi connectivity index (χ2v) is 10.8. The molecule has 0 unspecified atom stereocenters. The third-order valence-electron chi connectivity index (χ3n) is 7.81. The Morgan fingerprint density at radius 2 is 1.86 bits per heavy atom. The molecule has 4 aromatic rings. The highest BCUT2D eigenvalue weighted by molar-refractivity contribution is 5.96. The number of piperazine rings is 1. The van der Waals surface area contributed by atoms with Crippen LogP contribution in [0.1, 0.15) is 28.0 Å². The molecule has 6 rings (SSSR count). The summed E-state index contributed by atoms with van der Waals surface area (Å²) in [6.07, 6.45) is 0.892. The van der Waals surface area contributed by atoms with Crippen molar-refractivity contribution in [2.75, 3.05) is 38.0 Å². The van der Waals surface area contributed by atoms with Gasteiger partial charge in [-0.1, -0.05) is 0 Å². The molecule has 3 N–H and O–H groups in total. The summed E-state index contributed by atoms with van der Waals surface area (Å²) in [4.78, 5) is 38.2.